The van der Waals surface area contributed by atoms with E-state index in [2.05, 4.69) is 15.6 Å². The van der Waals surface area contributed by atoms with E-state index in [0.29, 0.717) is 106 Å². The minimum atomic E-state index is -0.548. The number of benzene rings is 1. The van der Waals surface area contributed by atoms with E-state index in [0.717, 1.165) is 44.9 Å². The van der Waals surface area contributed by atoms with E-state index in [9.17, 15) is 29.1 Å². The Balaban J connectivity index is 0.857. The van der Waals surface area contributed by atoms with Crippen LogP contribution < -0.4 is 15.5 Å². The number of anilines is 1. The molecule has 1 aromatic carbocycles. The highest BCUT2D eigenvalue weighted by Crippen LogP contribution is 2.42. The highest BCUT2D eigenvalue weighted by atomic mass is 35.5. The number of aromatic amines is 1. The summed E-state index contributed by atoms with van der Waals surface area (Å²) in [5.74, 6) is -0.696. The Morgan fingerprint density at radius 3 is 2.56 bits per heavy atom. The lowest BCUT2D eigenvalue weighted by molar-refractivity contribution is -0.135. The second kappa shape index (κ2) is 20.5. The predicted octanol–water partition coefficient (Wildman–Crippen LogP) is 4.00. The highest BCUT2D eigenvalue weighted by Gasteiger charge is 2.29. The maximum Gasteiger partial charge on any atom is 0.248 e. The first kappa shape index (κ1) is 43.8. The van der Waals surface area contributed by atoms with Gasteiger partial charge in [-0.15, -0.1) is 11.3 Å². The van der Waals surface area contributed by atoms with E-state index in [1.807, 2.05) is 43.4 Å². The van der Waals surface area contributed by atoms with Crippen LogP contribution in [0.5, 0.6) is 0 Å². The first-order valence-electron chi connectivity index (χ1n) is 19.9. The van der Waals surface area contributed by atoms with Gasteiger partial charge in [-0.1, -0.05) is 35.7 Å². The number of nitrogens with zero attached hydrogens (tertiary/aromatic N) is 6. The Morgan fingerprint density at radius 1 is 0.983 bits per heavy atom. The lowest BCUT2D eigenvalue weighted by Gasteiger charge is -2.33. The Morgan fingerprint density at radius 2 is 1.78 bits per heavy atom. The van der Waals surface area contributed by atoms with Gasteiger partial charge in [0.25, 0.3) is 0 Å². The number of fused-ring (bicyclic) bond motifs is 3. The van der Waals surface area contributed by atoms with Crippen LogP contribution >= 0.6 is 34.5 Å². The summed E-state index contributed by atoms with van der Waals surface area (Å²) < 4.78 is 1.76. The van der Waals surface area contributed by atoms with Gasteiger partial charge in [-0.2, -0.15) is 5.10 Å². The van der Waals surface area contributed by atoms with E-state index in [-0.39, 0.29) is 36.1 Å². The van der Waals surface area contributed by atoms with E-state index < -0.39 is 6.61 Å². The summed E-state index contributed by atoms with van der Waals surface area (Å²) in [6.45, 7) is 3.28. The number of rotatable bonds is 18. The minimum absolute atomic E-state index is 0.0396. The molecular weight excluding hydrogens is 817 g/mol. The van der Waals surface area contributed by atoms with Crippen molar-refractivity contribution in [2.75, 3.05) is 71.4 Å². The van der Waals surface area contributed by atoms with Crippen LogP contribution in [0.15, 0.2) is 42.6 Å². The Kier molecular flexibility index (Phi) is 15.2. The number of unbranched alkanes of at least 4 members (excludes halogenated alkanes) is 2. The van der Waals surface area contributed by atoms with Crippen molar-refractivity contribution in [3.05, 3.63) is 68.8 Å². The number of hydrogen-bond acceptors (Lipinski definition) is 9. The van der Waals surface area contributed by atoms with Gasteiger partial charge in [-0.05, 0) is 57.6 Å². The van der Waals surface area contributed by atoms with Crippen LogP contribution in [0.1, 0.15) is 48.2 Å². The lowest BCUT2D eigenvalue weighted by atomic mass is 9.99. The molecule has 0 atom stereocenters. The smallest absolute Gasteiger partial charge is 0.248 e. The summed E-state index contributed by atoms with van der Waals surface area (Å²) in [6, 6.07) is 7.51. The van der Waals surface area contributed by atoms with E-state index in [1.165, 1.54) is 17.4 Å². The average Bonchev–Trinajstić information content (AvgIpc) is 3.98. The number of aliphatic hydroxyl groups is 1. The van der Waals surface area contributed by atoms with Gasteiger partial charge in [0.1, 0.15) is 13.2 Å². The normalized spacial score (nSPS) is 14.5. The van der Waals surface area contributed by atoms with E-state index in [1.54, 1.807) is 31.5 Å². The topological polar surface area (TPSA) is 176 Å². The van der Waals surface area contributed by atoms with Crippen molar-refractivity contribution in [1.29, 1.82) is 0 Å². The molecule has 0 unspecified atom stereocenters. The van der Waals surface area contributed by atoms with Gasteiger partial charge in [-0.3, -0.25) is 28.7 Å². The number of hydrogen-bond donors (Lipinski definition) is 4. The number of aromatic nitrogens is 3. The fraction of sp³-hybridized carbons (Fsp3) is 0.463. The molecule has 5 amide bonds. The molecular formula is C41H51Cl2N9O6S. The Hall–Kier alpha value is -4.74. The summed E-state index contributed by atoms with van der Waals surface area (Å²) in [6.07, 6.45) is 9.32. The minimum Gasteiger partial charge on any atom is -0.387 e. The maximum atomic E-state index is 12.8. The zero-order valence-corrected chi connectivity index (χ0v) is 35.7. The summed E-state index contributed by atoms with van der Waals surface area (Å²) in [7, 11) is 3.85. The monoisotopic (exact) mass is 867 g/mol. The van der Waals surface area contributed by atoms with Crippen molar-refractivity contribution in [1.82, 2.24) is 40.1 Å². The molecule has 4 N–H and O–H groups in total. The van der Waals surface area contributed by atoms with Gasteiger partial charge in [0.2, 0.25) is 29.5 Å². The maximum absolute atomic E-state index is 12.8. The number of aryl methyl sites for hydroxylation is 1. The lowest BCUT2D eigenvalue weighted by Crippen LogP contribution is -2.51. The SMILES string of the molecule is CN(C)C/C=C/C(=O)N1CCN(c2ccc(CCC(=O)NCCCCCC(=O)NCCn3ccc(-c4cc(Cl)c(Cl)c5[nH]c6c(c45)CN(C(=O)CO)CC6)n3)s2)C(=O)C1. The number of likely N-dealkylation sites (N-methyl/N-ethyl adjacent to an activating group) is 1. The van der Waals surface area contributed by atoms with Crippen LogP contribution in [0.2, 0.25) is 10.0 Å². The first-order chi connectivity index (χ1) is 28.4. The zero-order valence-electron chi connectivity index (χ0n) is 33.4. The number of nitrogens with one attached hydrogen (secondary N) is 3. The number of piperazine rings is 1. The quantitative estimate of drug-likeness (QED) is 0.0858. The number of carbonyl (C=O) groups excluding carboxylic acids is 5. The molecule has 1 saturated heterocycles. The van der Waals surface area contributed by atoms with Gasteiger partial charge in [0.05, 0.1) is 32.8 Å². The molecule has 6 rings (SSSR count). The molecule has 59 heavy (non-hydrogen) atoms. The van der Waals surface area contributed by atoms with Crippen LogP contribution in [0.4, 0.5) is 5.00 Å². The second-order valence-corrected chi connectivity index (χ2v) is 16.9. The van der Waals surface area contributed by atoms with Crippen LogP contribution in [-0.4, -0.2) is 131 Å². The fourth-order valence-corrected chi connectivity index (χ4v) is 8.68. The number of amides is 5. The third-order valence-corrected chi connectivity index (χ3v) is 12.3. The molecule has 0 aliphatic carbocycles. The van der Waals surface area contributed by atoms with E-state index in [4.69, 9.17) is 28.3 Å². The zero-order chi connectivity index (χ0) is 42.1. The number of thiophene rings is 1. The molecule has 316 valence electrons. The van der Waals surface area contributed by atoms with Gasteiger partial charge in [0, 0.05) is 104 Å². The third-order valence-electron chi connectivity index (χ3n) is 10.4. The van der Waals surface area contributed by atoms with Crippen molar-refractivity contribution >= 4 is 80.0 Å². The molecule has 4 aromatic rings. The third kappa shape index (κ3) is 11.3. The molecule has 0 radical (unpaired) electrons. The number of H-pyrrole nitrogens is 1. The molecule has 1 fully saturated rings. The average molecular weight is 869 g/mol. The molecule has 18 heteroatoms. The predicted molar refractivity (Wildman–Crippen MR) is 230 cm³/mol. The van der Waals surface area contributed by atoms with Crippen molar-refractivity contribution in [3.63, 3.8) is 0 Å². The van der Waals surface area contributed by atoms with Gasteiger partial charge >= 0.3 is 0 Å². The second-order valence-electron chi connectivity index (χ2n) is 15.0. The molecule has 2 aliphatic rings. The van der Waals surface area contributed by atoms with Crippen LogP contribution in [-0.2, 0) is 49.9 Å². The summed E-state index contributed by atoms with van der Waals surface area (Å²) in [4.78, 5) is 73.8. The van der Waals surface area contributed by atoms with E-state index >= 15 is 0 Å². The van der Waals surface area contributed by atoms with Crippen molar-refractivity contribution in [2.24, 2.45) is 0 Å². The van der Waals surface area contributed by atoms with Crippen LogP contribution in [0.3, 0.4) is 0 Å². The summed E-state index contributed by atoms with van der Waals surface area (Å²) in [5, 5.41) is 22.5. The summed E-state index contributed by atoms with van der Waals surface area (Å²) in [5.41, 5.74) is 4.05. The van der Waals surface area contributed by atoms with Gasteiger partial charge in [0.15, 0.2) is 0 Å². The Labute approximate surface area is 357 Å². The Bertz CT molecular complexity index is 2200. The van der Waals surface area contributed by atoms with Crippen molar-refractivity contribution in [3.8, 4) is 11.3 Å². The van der Waals surface area contributed by atoms with Gasteiger partial charge in [-0.25, -0.2) is 0 Å². The van der Waals surface area contributed by atoms with Crippen LogP contribution in [0.25, 0.3) is 22.2 Å². The number of aliphatic hydroxyl groups excluding tert-OH is 1. The highest BCUT2D eigenvalue weighted by molar-refractivity contribution is 7.16. The standard InChI is InChI=1S/C41H51Cl2N9O6S/c1-48(2)17-6-8-35(56)50-21-22-52(36(57)25-50)38-12-10-27(59-38)9-11-34(55)44-15-5-3-4-7-33(54)45-16-20-51-19-14-32(47-51)28-23-30(42)40(43)41-39(28)29-24-49(37(58)26-53)18-13-31(29)46-41/h6,8,10,12,14,19,23,46,53H,3-5,7,9,11,13,15-18,20-22,24-26H2,1-2H3,(H,44,55)(H,45,54)/b8-6+. The largest absolute Gasteiger partial charge is 0.387 e. The first-order valence-corrected chi connectivity index (χ1v) is 21.5. The van der Waals surface area contributed by atoms with Crippen molar-refractivity contribution in [2.45, 2.75) is 58.0 Å². The fourth-order valence-electron chi connectivity index (χ4n) is 7.23. The molecule has 5 heterocycles. The molecule has 15 nitrogen and oxygen atoms in total. The number of carbonyl (C=O) groups is 5. The van der Waals surface area contributed by atoms with Crippen LogP contribution in [0, 0.1) is 0 Å². The summed E-state index contributed by atoms with van der Waals surface area (Å²) >= 11 is 14.6. The van der Waals surface area contributed by atoms with Gasteiger partial charge < -0.3 is 40.3 Å². The number of halogens is 2. The molecule has 0 saturated carbocycles. The molecule has 0 spiro atoms. The molecule has 2 aliphatic heterocycles. The molecule has 0 bridgehead atoms. The van der Waals surface area contributed by atoms with Crippen molar-refractivity contribution < 1.29 is 29.1 Å². The molecule has 3 aromatic heterocycles.